The zero-order valence-corrected chi connectivity index (χ0v) is 11.9. The van der Waals surface area contributed by atoms with E-state index in [1.54, 1.807) is 0 Å². The minimum atomic E-state index is 0.998. The molecule has 1 saturated heterocycles. The van der Waals surface area contributed by atoms with Gasteiger partial charge in [0.25, 0.3) is 0 Å². The minimum absolute atomic E-state index is 0.998. The maximum Gasteiger partial charge on any atom is 0.144 e. The first-order chi connectivity index (χ1) is 10.4. The molecule has 1 aliphatic rings. The number of rotatable bonds is 2. The van der Waals surface area contributed by atoms with Crippen molar-refractivity contribution < 1.29 is 0 Å². The van der Waals surface area contributed by atoms with Gasteiger partial charge in [-0.05, 0) is 12.1 Å². The van der Waals surface area contributed by atoms with Crippen LogP contribution in [0.1, 0.15) is 0 Å². The molecule has 0 radical (unpaired) electrons. The standard InChI is InChI=1S/C17H18N4/c1-2-4-14(5-3-1)17-19-13-16-12-15(6-9-21(16)17)20-10-7-18-8-11-20/h1-6,9,12-13,18H,7-8,10-11H2. The SMILES string of the molecule is c1ccc(-c2ncc3cc(N4CCNCC4)ccn23)cc1. The van der Waals surface area contributed by atoms with Crippen molar-refractivity contribution in [2.24, 2.45) is 0 Å². The van der Waals surface area contributed by atoms with Crippen LogP contribution in [-0.4, -0.2) is 35.6 Å². The van der Waals surface area contributed by atoms with Gasteiger partial charge in [0.15, 0.2) is 0 Å². The predicted molar refractivity (Wildman–Crippen MR) is 85.7 cm³/mol. The number of piperazine rings is 1. The topological polar surface area (TPSA) is 32.6 Å². The van der Waals surface area contributed by atoms with Crippen molar-refractivity contribution in [2.75, 3.05) is 31.1 Å². The van der Waals surface area contributed by atoms with E-state index >= 15 is 0 Å². The maximum absolute atomic E-state index is 4.58. The van der Waals surface area contributed by atoms with Gasteiger partial charge in [-0.15, -0.1) is 0 Å². The van der Waals surface area contributed by atoms with E-state index in [0.29, 0.717) is 0 Å². The molecule has 0 spiro atoms. The summed E-state index contributed by atoms with van der Waals surface area (Å²) in [7, 11) is 0. The number of anilines is 1. The number of aromatic nitrogens is 2. The van der Waals surface area contributed by atoms with Crippen molar-refractivity contribution in [1.29, 1.82) is 0 Å². The Bertz CT molecular complexity index is 742. The van der Waals surface area contributed by atoms with Gasteiger partial charge in [0.2, 0.25) is 0 Å². The predicted octanol–water partition coefficient (Wildman–Crippen LogP) is 2.41. The Hall–Kier alpha value is -2.33. The molecule has 0 saturated carbocycles. The average molecular weight is 278 g/mol. The zero-order valence-electron chi connectivity index (χ0n) is 11.9. The summed E-state index contributed by atoms with van der Waals surface area (Å²) in [5.74, 6) is 0.998. The molecule has 0 bridgehead atoms. The maximum atomic E-state index is 4.58. The molecule has 0 aliphatic carbocycles. The third-order valence-corrected chi connectivity index (χ3v) is 4.03. The third kappa shape index (κ3) is 2.28. The van der Waals surface area contributed by atoms with E-state index < -0.39 is 0 Å². The van der Waals surface area contributed by atoms with Gasteiger partial charge in [0, 0.05) is 43.6 Å². The van der Waals surface area contributed by atoms with Crippen LogP contribution < -0.4 is 10.2 Å². The molecule has 106 valence electrons. The van der Waals surface area contributed by atoms with Crippen LogP contribution in [-0.2, 0) is 0 Å². The highest BCUT2D eigenvalue weighted by molar-refractivity contribution is 5.66. The van der Waals surface area contributed by atoms with Gasteiger partial charge >= 0.3 is 0 Å². The number of hydrogen-bond donors (Lipinski definition) is 1. The quantitative estimate of drug-likeness (QED) is 0.781. The molecule has 1 aromatic carbocycles. The third-order valence-electron chi connectivity index (χ3n) is 4.03. The van der Waals surface area contributed by atoms with Crippen molar-refractivity contribution in [3.8, 4) is 11.4 Å². The molecular formula is C17H18N4. The Morgan fingerprint density at radius 3 is 2.62 bits per heavy atom. The molecule has 1 N–H and O–H groups in total. The van der Waals surface area contributed by atoms with Crippen LogP contribution in [0.25, 0.3) is 16.9 Å². The number of imidazole rings is 1. The average Bonchev–Trinajstić information content (AvgIpc) is 2.99. The van der Waals surface area contributed by atoms with Crippen LogP contribution in [0.4, 0.5) is 5.69 Å². The fourth-order valence-electron chi connectivity index (χ4n) is 2.91. The van der Waals surface area contributed by atoms with Crippen LogP contribution in [0.15, 0.2) is 54.9 Å². The molecule has 4 rings (SSSR count). The second-order valence-electron chi connectivity index (χ2n) is 5.36. The molecule has 0 atom stereocenters. The molecule has 1 fully saturated rings. The summed E-state index contributed by atoms with van der Waals surface area (Å²) in [6.45, 7) is 4.24. The highest BCUT2D eigenvalue weighted by atomic mass is 15.2. The summed E-state index contributed by atoms with van der Waals surface area (Å²) in [6.07, 6.45) is 4.08. The van der Waals surface area contributed by atoms with E-state index in [-0.39, 0.29) is 0 Å². The molecule has 3 aromatic rings. The first-order valence-electron chi connectivity index (χ1n) is 7.40. The summed E-state index contributed by atoms with van der Waals surface area (Å²) in [4.78, 5) is 7.01. The number of nitrogens with zero attached hydrogens (tertiary/aromatic N) is 3. The first kappa shape index (κ1) is 12.4. The molecule has 0 unspecified atom stereocenters. The number of nitrogens with one attached hydrogen (secondary N) is 1. The van der Waals surface area contributed by atoms with Crippen LogP contribution in [0.3, 0.4) is 0 Å². The van der Waals surface area contributed by atoms with Gasteiger partial charge in [-0.25, -0.2) is 4.98 Å². The van der Waals surface area contributed by atoms with Gasteiger partial charge in [-0.3, -0.25) is 4.40 Å². The monoisotopic (exact) mass is 278 g/mol. The highest BCUT2D eigenvalue weighted by Gasteiger charge is 2.12. The van der Waals surface area contributed by atoms with Gasteiger partial charge in [-0.2, -0.15) is 0 Å². The van der Waals surface area contributed by atoms with Crippen molar-refractivity contribution in [2.45, 2.75) is 0 Å². The number of fused-ring (bicyclic) bond motifs is 1. The fraction of sp³-hybridized carbons (Fsp3) is 0.235. The van der Waals surface area contributed by atoms with Gasteiger partial charge in [0.05, 0.1) is 11.7 Å². The van der Waals surface area contributed by atoms with Crippen molar-refractivity contribution >= 4 is 11.2 Å². The van der Waals surface area contributed by atoms with E-state index in [1.807, 2.05) is 24.4 Å². The molecule has 4 nitrogen and oxygen atoms in total. The summed E-state index contributed by atoms with van der Waals surface area (Å²) in [6, 6.07) is 14.7. The van der Waals surface area contributed by atoms with Gasteiger partial charge < -0.3 is 10.2 Å². The molecular weight excluding hydrogens is 260 g/mol. The minimum Gasteiger partial charge on any atom is -0.369 e. The summed E-state index contributed by atoms with van der Waals surface area (Å²) in [5, 5.41) is 3.39. The molecule has 2 aromatic heterocycles. The molecule has 0 amide bonds. The second kappa shape index (κ2) is 5.22. The normalized spacial score (nSPS) is 15.5. The van der Waals surface area contributed by atoms with Crippen LogP contribution in [0, 0.1) is 0 Å². The van der Waals surface area contributed by atoms with Gasteiger partial charge in [0.1, 0.15) is 5.82 Å². The summed E-state index contributed by atoms with van der Waals surface area (Å²) in [5.41, 5.74) is 3.57. The summed E-state index contributed by atoms with van der Waals surface area (Å²) >= 11 is 0. The molecule has 1 aliphatic heterocycles. The molecule has 3 heterocycles. The van der Waals surface area contributed by atoms with E-state index in [0.717, 1.165) is 43.1 Å². The number of hydrogen-bond acceptors (Lipinski definition) is 3. The fourth-order valence-corrected chi connectivity index (χ4v) is 2.91. The largest absolute Gasteiger partial charge is 0.369 e. The lowest BCUT2D eigenvalue weighted by molar-refractivity contribution is 0.589. The Morgan fingerprint density at radius 2 is 1.81 bits per heavy atom. The van der Waals surface area contributed by atoms with E-state index in [2.05, 4.69) is 50.1 Å². The second-order valence-corrected chi connectivity index (χ2v) is 5.36. The highest BCUT2D eigenvalue weighted by Crippen LogP contribution is 2.23. The smallest absolute Gasteiger partial charge is 0.144 e. The number of pyridine rings is 1. The number of benzene rings is 1. The van der Waals surface area contributed by atoms with E-state index in [9.17, 15) is 0 Å². The lowest BCUT2D eigenvalue weighted by Crippen LogP contribution is -2.43. The molecule has 4 heteroatoms. The van der Waals surface area contributed by atoms with Crippen LogP contribution >= 0.6 is 0 Å². The first-order valence-corrected chi connectivity index (χ1v) is 7.40. The van der Waals surface area contributed by atoms with Crippen molar-refractivity contribution in [3.63, 3.8) is 0 Å². The molecule has 21 heavy (non-hydrogen) atoms. The van der Waals surface area contributed by atoms with Gasteiger partial charge in [-0.1, -0.05) is 30.3 Å². The lowest BCUT2D eigenvalue weighted by atomic mass is 10.2. The van der Waals surface area contributed by atoms with Crippen molar-refractivity contribution in [1.82, 2.24) is 14.7 Å². The zero-order chi connectivity index (χ0) is 14.1. The van der Waals surface area contributed by atoms with Crippen molar-refractivity contribution in [3.05, 3.63) is 54.9 Å². The van der Waals surface area contributed by atoms with Crippen LogP contribution in [0.2, 0.25) is 0 Å². The lowest BCUT2D eigenvalue weighted by Gasteiger charge is -2.29. The van der Waals surface area contributed by atoms with E-state index in [4.69, 9.17) is 0 Å². The van der Waals surface area contributed by atoms with Crippen LogP contribution in [0.5, 0.6) is 0 Å². The summed E-state index contributed by atoms with van der Waals surface area (Å²) < 4.78 is 2.15. The Balaban J connectivity index is 1.74. The Labute approximate surface area is 124 Å². The Kier molecular flexibility index (Phi) is 3.09. The van der Waals surface area contributed by atoms with E-state index in [1.165, 1.54) is 5.69 Å². The Morgan fingerprint density at radius 1 is 1.00 bits per heavy atom.